The highest BCUT2D eigenvalue weighted by molar-refractivity contribution is 7.92. The molecule has 3 aromatic rings. The second-order valence-corrected chi connectivity index (χ2v) is 13.3. The third kappa shape index (κ3) is 7.37. The fourth-order valence-corrected chi connectivity index (χ4v) is 6.53. The van der Waals surface area contributed by atoms with Crippen LogP contribution >= 0.6 is 0 Å². The average Bonchev–Trinajstić information content (AvgIpc) is 2.86. The monoisotopic (exact) mass is 573 g/mol. The summed E-state index contributed by atoms with van der Waals surface area (Å²) in [6, 6.07) is 17.1. The van der Waals surface area contributed by atoms with Crippen molar-refractivity contribution in [3.05, 3.63) is 77.9 Å². The molecule has 39 heavy (non-hydrogen) atoms. The molecule has 0 saturated heterocycles. The Labute approximate surface area is 231 Å². The number of ether oxygens (including phenoxy) is 1. The number of methoxy groups -OCH3 is 1. The summed E-state index contributed by atoms with van der Waals surface area (Å²) in [6.07, 6.45) is 0. The lowest BCUT2D eigenvalue weighted by Gasteiger charge is -2.25. The number of hydrogen-bond donors (Lipinski definition) is 2. The van der Waals surface area contributed by atoms with Gasteiger partial charge in [0.15, 0.2) is 0 Å². The minimum absolute atomic E-state index is 0.0410. The molecule has 0 atom stereocenters. The lowest BCUT2D eigenvalue weighted by Crippen LogP contribution is -2.38. The number of nitrogens with zero attached hydrogens (tertiary/aromatic N) is 1. The van der Waals surface area contributed by atoms with Crippen molar-refractivity contribution in [2.75, 3.05) is 23.3 Å². The first-order valence-corrected chi connectivity index (χ1v) is 15.4. The van der Waals surface area contributed by atoms with Gasteiger partial charge in [-0.2, -0.15) is 0 Å². The van der Waals surface area contributed by atoms with E-state index < -0.39 is 32.5 Å². The van der Waals surface area contributed by atoms with Gasteiger partial charge >= 0.3 is 0 Å². The third-order valence-electron chi connectivity index (χ3n) is 5.89. The van der Waals surface area contributed by atoms with Crippen molar-refractivity contribution < 1.29 is 26.4 Å². The quantitative estimate of drug-likeness (QED) is 0.345. The zero-order valence-corrected chi connectivity index (χ0v) is 24.6. The minimum atomic E-state index is -4.12. The summed E-state index contributed by atoms with van der Waals surface area (Å²) >= 11 is 0. The molecule has 11 heteroatoms. The van der Waals surface area contributed by atoms with Crippen LogP contribution in [-0.2, 0) is 24.8 Å². The number of carbonyl (C=O) groups is 1. The van der Waals surface area contributed by atoms with E-state index in [2.05, 4.69) is 10.0 Å². The van der Waals surface area contributed by atoms with E-state index in [1.807, 2.05) is 32.9 Å². The normalized spacial score (nSPS) is 12.0. The molecule has 210 valence electrons. The van der Waals surface area contributed by atoms with Crippen molar-refractivity contribution in [1.82, 2.24) is 4.72 Å². The zero-order valence-electron chi connectivity index (χ0n) is 22.9. The van der Waals surface area contributed by atoms with Gasteiger partial charge in [0, 0.05) is 6.04 Å². The molecular formula is C28H35N3O6S2. The van der Waals surface area contributed by atoms with Crippen LogP contribution in [0.15, 0.2) is 76.5 Å². The maximum absolute atomic E-state index is 13.7. The zero-order chi connectivity index (χ0) is 29.0. The average molecular weight is 574 g/mol. The van der Waals surface area contributed by atoms with Crippen LogP contribution in [0.1, 0.15) is 44.7 Å². The number of benzene rings is 3. The molecule has 0 unspecified atom stereocenters. The minimum Gasteiger partial charge on any atom is -0.495 e. The highest BCUT2D eigenvalue weighted by Gasteiger charge is 2.28. The van der Waals surface area contributed by atoms with Crippen molar-refractivity contribution in [3.8, 4) is 5.75 Å². The van der Waals surface area contributed by atoms with Gasteiger partial charge in [-0.3, -0.25) is 9.10 Å². The summed E-state index contributed by atoms with van der Waals surface area (Å²) in [5, 5.41) is 2.63. The van der Waals surface area contributed by atoms with Crippen LogP contribution in [0.3, 0.4) is 0 Å². The summed E-state index contributed by atoms with van der Waals surface area (Å²) < 4.78 is 61.6. The van der Waals surface area contributed by atoms with Crippen molar-refractivity contribution in [2.45, 2.75) is 56.4 Å². The summed E-state index contributed by atoms with van der Waals surface area (Å²) in [6.45, 7) is 8.75. The third-order valence-corrected chi connectivity index (χ3v) is 9.33. The molecule has 0 aliphatic rings. The largest absolute Gasteiger partial charge is 0.495 e. The Morgan fingerprint density at radius 2 is 1.46 bits per heavy atom. The van der Waals surface area contributed by atoms with E-state index in [0.29, 0.717) is 5.69 Å². The number of hydrogen-bond acceptors (Lipinski definition) is 6. The Morgan fingerprint density at radius 1 is 0.872 bits per heavy atom. The number of amides is 1. The van der Waals surface area contributed by atoms with Crippen LogP contribution in [0.4, 0.5) is 11.4 Å². The lowest BCUT2D eigenvalue weighted by atomic mass is 10.0. The van der Waals surface area contributed by atoms with Gasteiger partial charge in [0.1, 0.15) is 12.3 Å². The topological polar surface area (TPSA) is 122 Å². The van der Waals surface area contributed by atoms with Gasteiger partial charge < -0.3 is 10.1 Å². The fraction of sp³-hybridized carbons (Fsp3) is 0.321. The maximum Gasteiger partial charge on any atom is 0.264 e. The second kappa shape index (κ2) is 12.2. The molecule has 2 N–H and O–H groups in total. The molecule has 0 bridgehead atoms. The summed E-state index contributed by atoms with van der Waals surface area (Å²) in [4.78, 5) is 13.2. The molecule has 0 saturated carbocycles. The van der Waals surface area contributed by atoms with Crippen LogP contribution < -0.4 is 19.1 Å². The molecule has 0 radical (unpaired) electrons. The molecule has 0 aliphatic heterocycles. The van der Waals surface area contributed by atoms with Crippen LogP contribution in [0, 0.1) is 6.92 Å². The molecule has 0 aliphatic carbocycles. The van der Waals surface area contributed by atoms with E-state index in [4.69, 9.17) is 4.74 Å². The Morgan fingerprint density at radius 3 is 2.00 bits per heavy atom. The first kappa shape index (κ1) is 30.1. The molecule has 3 rings (SSSR count). The fourth-order valence-electron chi connectivity index (χ4n) is 3.83. The smallest absolute Gasteiger partial charge is 0.264 e. The van der Waals surface area contributed by atoms with Gasteiger partial charge in [-0.05, 0) is 74.7 Å². The van der Waals surface area contributed by atoms with E-state index in [1.165, 1.54) is 37.4 Å². The number of sulfonamides is 2. The highest BCUT2D eigenvalue weighted by Crippen LogP contribution is 2.29. The molecule has 0 aromatic heterocycles. The second-order valence-electron chi connectivity index (χ2n) is 9.76. The highest BCUT2D eigenvalue weighted by atomic mass is 32.2. The molecule has 1 amide bonds. The summed E-state index contributed by atoms with van der Waals surface area (Å²) in [5.41, 5.74) is 2.33. The molecule has 0 fully saturated rings. The molecule has 3 aromatic carbocycles. The van der Waals surface area contributed by atoms with Crippen molar-refractivity contribution in [2.24, 2.45) is 0 Å². The Kier molecular flexibility index (Phi) is 9.42. The standard InChI is InChI=1S/C28H35N3O6S2/c1-19(2)22-9-11-23(12-10-22)31(39(35,36)24-13-7-21(5)8-14-24)18-28(32)29-26-17-25(15-16-27(26)37-6)38(33,34)30-20(3)4/h7-17,19-20,30H,18H2,1-6H3,(H,29,32). The van der Waals surface area contributed by atoms with Crippen LogP contribution in [-0.4, -0.2) is 42.4 Å². The van der Waals surface area contributed by atoms with Gasteiger partial charge in [-0.15, -0.1) is 0 Å². The number of nitrogens with one attached hydrogen (secondary N) is 2. The van der Waals surface area contributed by atoms with Crippen LogP contribution in [0.2, 0.25) is 0 Å². The number of rotatable bonds is 11. The molecular weight excluding hydrogens is 538 g/mol. The SMILES string of the molecule is COc1ccc(S(=O)(=O)NC(C)C)cc1NC(=O)CN(c1ccc(C(C)C)cc1)S(=O)(=O)c1ccc(C)cc1. The Balaban J connectivity index is 1.99. The molecule has 9 nitrogen and oxygen atoms in total. The van der Waals surface area contributed by atoms with Crippen molar-refractivity contribution in [3.63, 3.8) is 0 Å². The lowest BCUT2D eigenvalue weighted by molar-refractivity contribution is -0.114. The van der Waals surface area contributed by atoms with Crippen LogP contribution in [0.25, 0.3) is 0 Å². The van der Waals surface area contributed by atoms with E-state index in [-0.39, 0.29) is 33.2 Å². The van der Waals surface area contributed by atoms with E-state index >= 15 is 0 Å². The van der Waals surface area contributed by atoms with Crippen molar-refractivity contribution in [1.29, 1.82) is 0 Å². The van der Waals surface area contributed by atoms with Gasteiger partial charge in [0.05, 0.1) is 28.3 Å². The first-order valence-electron chi connectivity index (χ1n) is 12.4. The van der Waals surface area contributed by atoms with E-state index in [1.54, 1.807) is 38.1 Å². The number of carbonyl (C=O) groups excluding carboxylic acids is 1. The number of anilines is 2. The van der Waals surface area contributed by atoms with Crippen LogP contribution in [0.5, 0.6) is 5.75 Å². The first-order chi connectivity index (χ1) is 18.2. The predicted molar refractivity (Wildman–Crippen MR) is 153 cm³/mol. The van der Waals surface area contributed by atoms with Gasteiger partial charge in [0.2, 0.25) is 15.9 Å². The predicted octanol–water partition coefficient (Wildman–Crippen LogP) is 4.65. The van der Waals surface area contributed by atoms with Gasteiger partial charge in [-0.1, -0.05) is 43.7 Å². The van der Waals surface area contributed by atoms with Gasteiger partial charge in [0.25, 0.3) is 10.0 Å². The summed E-state index contributed by atoms with van der Waals surface area (Å²) in [5.74, 6) is -0.213. The van der Waals surface area contributed by atoms with Gasteiger partial charge in [-0.25, -0.2) is 21.6 Å². The Bertz CT molecular complexity index is 1520. The van der Waals surface area contributed by atoms with Crippen molar-refractivity contribution >= 4 is 37.3 Å². The number of aryl methyl sites for hydroxylation is 1. The summed E-state index contributed by atoms with van der Waals surface area (Å²) in [7, 11) is -6.58. The van der Waals surface area contributed by atoms with E-state index in [9.17, 15) is 21.6 Å². The van der Waals surface area contributed by atoms with E-state index in [0.717, 1.165) is 15.4 Å². The Hall–Kier alpha value is -3.41. The maximum atomic E-state index is 13.7. The molecule has 0 heterocycles. The molecule has 0 spiro atoms.